The third-order valence-corrected chi connectivity index (χ3v) is 2.77. The van der Waals surface area contributed by atoms with Crippen molar-refractivity contribution in [3.63, 3.8) is 0 Å². The Balaban J connectivity index is -0.000000223. The van der Waals surface area contributed by atoms with E-state index in [-0.39, 0.29) is 25.5 Å². The Morgan fingerprint density at radius 2 is 1.23 bits per heavy atom. The molecule has 6 nitrogen and oxygen atoms in total. The van der Waals surface area contributed by atoms with E-state index < -0.39 is 8.51 Å². The van der Waals surface area contributed by atoms with E-state index in [0.717, 1.165) is 5.56 Å². The van der Waals surface area contributed by atoms with E-state index in [9.17, 15) is 16.8 Å². The maximum atomic E-state index is 9.80. The van der Waals surface area contributed by atoms with Gasteiger partial charge in [0.1, 0.15) is 18.5 Å². The molecule has 187 valence electrons. The fourth-order valence-corrected chi connectivity index (χ4v) is 1.89. The zero-order valence-corrected chi connectivity index (χ0v) is 22.1. The summed E-state index contributed by atoms with van der Waals surface area (Å²) in [5.41, 5.74) is 2.12. The summed E-state index contributed by atoms with van der Waals surface area (Å²) in [6.45, 7) is 6.34. The van der Waals surface area contributed by atoms with E-state index >= 15 is 0 Å². The summed E-state index contributed by atoms with van der Waals surface area (Å²) in [7, 11) is -6.39. The van der Waals surface area contributed by atoms with Crippen LogP contribution in [0.2, 0.25) is 0 Å². The molecule has 0 spiro atoms. The van der Waals surface area contributed by atoms with Gasteiger partial charge in [0.15, 0.2) is 0 Å². The molecule has 1 aliphatic rings. The van der Waals surface area contributed by atoms with E-state index in [1.165, 1.54) is 33.3 Å². The van der Waals surface area contributed by atoms with Crippen molar-refractivity contribution in [2.24, 2.45) is 4.99 Å². The number of hydrogen-bond donors (Lipinski definition) is 0. The maximum Gasteiger partial charge on any atom is 1.00 e. The Kier molecular flexibility index (Phi) is 29.9. The van der Waals surface area contributed by atoms with Crippen LogP contribution in [0.15, 0.2) is 59.6 Å². The van der Waals surface area contributed by atoms with E-state index in [0.29, 0.717) is 12.5 Å². The van der Waals surface area contributed by atoms with Gasteiger partial charge in [0.2, 0.25) is 0 Å². The van der Waals surface area contributed by atoms with Crippen LogP contribution >= 0.6 is 8.51 Å². The van der Waals surface area contributed by atoms with Gasteiger partial charge in [-0.05, 0) is 5.56 Å². The van der Waals surface area contributed by atoms with Crippen LogP contribution < -0.4 is 0 Å². The molecular formula is C23H24F4N5OPRu+. The summed E-state index contributed by atoms with van der Waals surface area (Å²) in [6, 6.07) is 28.2. The first-order chi connectivity index (χ1) is 16.1. The quantitative estimate of drug-likeness (QED) is 0.153. The normalized spacial score (nSPS) is 11.7. The number of hydrogen-bond acceptors (Lipinski definition) is 6. The summed E-state index contributed by atoms with van der Waals surface area (Å²) >= 11 is 0. The van der Waals surface area contributed by atoms with Gasteiger partial charge in [0.05, 0.1) is 41.1 Å². The van der Waals surface area contributed by atoms with Crippen LogP contribution in [0.5, 0.6) is 0 Å². The van der Waals surface area contributed by atoms with Crippen LogP contribution in [0.1, 0.15) is 44.9 Å². The summed E-state index contributed by atoms with van der Waals surface area (Å²) in [5.74, 6) is 0.694. The molecule has 0 aliphatic carbocycles. The van der Waals surface area contributed by atoms with Gasteiger partial charge >= 0.3 is 28.0 Å². The van der Waals surface area contributed by atoms with Crippen molar-refractivity contribution in [3.05, 3.63) is 71.8 Å². The Labute approximate surface area is 217 Å². The van der Waals surface area contributed by atoms with Gasteiger partial charge in [0.25, 0.3) is 0 Å². The predicted octanol–water partition coefficient (Wildman–Crippen LogP) is 7.66. The Bertz CT molecular complexity index is 910. The number of halogens is 4. The zero-order chi connectivity index (χ0) is 26.8. The topological polar surface area (TPSA) is 117 Å². The van der Waals surface area contributed by atoms with Gasteiger partial charge < -0.3 is 4.74 Å². The van der Waals surface area contributed by atoms with Gasteiger partial charge in [-0.15, -0.1) is 30.3 Å². The first-order valence-electron chi connectivity index (χ1n) is 9.23. The average Bonchev–Trinajstić information content (AvgIpc) is 3.27. The van der Waals surface area contributed by atoms with Crippen molar-refractivity contribution < 1.29 is 41.0 Å². The molecule has 1 heterocycles. The van der Waals surface area contributed by atoms with E-state index in [2.05, 4.69) is 23.2 Å². The van der Waals surface area contributed by atoms with Gasteiger partial charge in [0, 0.05) is 27.7 Å². The second kappa shape index (κ2) is 26.9. The zero-order valence-electron chi connectivity index (χ0n) is 19.4. The molecule has 0 bridgehead atoms. The fraction of sp³-hybridized carbons (Fsp3) is 0.261. The molecule has 0 fully saturated rings. The molecule has 0 saturated carbocycles. The smallest absolute Gasteiger partial charge is 0.518 e. The van der Waals surface area contributed by atoms with Crippen LogP contribution in [0, 0.1) is 51.4 Å². The van der Waals surface area contributed by atoms with Crippen LogP contribution in [-0.4, -0.2) is 12.5 Å². The Morgan fingerprint density at radius 3 is 1.60 bits per heavy atom. The summed E-state index contributed by atoms with van der Waals surface area (Å²) in [5, 5.41) is 29.3. The second-order valence-corrected chi connectivity index (χ2v) is 5.99. The van der Waals surface area contributed by atoms with Gasteiger partial charge in [-0.25, -0.2) is 0 Å². The Hall–Kier alpha value is -3.36. The van der Waals surface area contributed by atoms with Crippen molar-refractivity contribution in [2.75, 3.05) is 6.61 Å². The molecule has 0 N–H and O–H groups in total. The molecule has 2 aromatic rings. The minimum Gasteiger partial charge on any atom is -0.518 e. The van der Waals surface area contributed by atoms with Crippen molar-refractivity contribution in [2.45, 2.75) is 33.7 Å². The number of nitriles is 4. The SMILES string of the molecule is CC#N.CC#N.CC#N.CC#N.F[P+](F)(F)F.[Ru+].[c-]1ccccc1C1=N[C@@H](c2ccccc2)CO1. The van der Waals surface area contributed by atoms with E-state index in [4.69, 9.17) is 25.8 Å². The fourth-order valence-electron chi connectivity index (χ4n) is 1.89. The molecule has 0 amide bonds. The summed E-state index contributed by atoms with van der Waals surface area (Å²) < 4.78 is 44.8. The number of rotatable bonds is 2. The standard InChI is InChI=1S/C15H12NO.4C2H3N.F4P.Ru/c1-3-7-12(8-4-1)14-11-17-15(16-14)13-9-5-2-6-10-13;4*1-2-3;1-5(2,3)4;/h1-9,14H,11H2;4*1H3;;/q-1;;;;;2*+1/t14-;;;;;;/m1....../s1. The third kappa shape index (κ3) is 28.6. The van der Waals surface area contributed by atoms with E-state index in [1.54, 1.807) is 24.3 Å². The molecule has 1 atom stereocenters. The number of ether oxygens (including phenoxy) is 1. The molecule has 12 heteroatoms. The minimum absolute atomic E-state index is 0. The largest absolute Gasteiger partial charge is 1.00 e. The van der Waals surface area contributed by atoms with Crippen LogP contribution in [0.3, 0.4) is 0 Å². The molecule has 0 aromatic heterocycles. The molecule has 0 unspecified atom stereocenters. The number of nitrogens with zero attached hydrogens (tertiary/aromatic N) is 5. The molecule has 35 heavy (non-hydrogen) atoms. The van der Waals surface area contributed by atoms with Gasteiger partial charge in [-0.1, -0.05) is 35.9 Å². The molecule has 0 saturated heterocycles. The van der Waals surface area contributed by atoms with Gasteiger partial charge in [-0.3, -0.25) is 4.99 Å². The summed E-state index contributed by atoms with van der Waals surface area (Å²) in [4.78, 5) is 4.59. The maximum absolute atomic E-state index is 9.80. The minimum atomic E-state index is -6.39. The molecule has 1 radical (unpaired) electrons. The van der Waals surface area contributed by atoms with E-state index in [1.807, 2.05) is 42.5 Å². The van der Waals surface area contributed by atoms with Crippen LogP contribution in [-0.2, 0) is 24.2 Å². The molecule has 3 rings (SSSR count). The number of aliphatic imine (C=N–C) groups is 1. The summed E-state index contributed by atoms with van der Waals surface area (Å²) in [6.07, 6.45) is 0. The van der Waals surface area contributed by atoms with Crippen LogP contribution in [0.25, 0.3) is 0 Å². The van der Waals surface area contributed by atoms with Crippen LogP contribution in [0.4, 0.5) is 16.8 Å². The Morgan fingerprint density at radius 1 is 0.829 bits per heavy atom. The average molecular weight is 595 g/mol. The van der Waals surface area contributed by atoms with Crippen molar-refractivity contribution in [3.8, 4) is 24.3 Å². The third-order valence-electron chi connectivity index (χ3n) is 2.77. The predicted molar refractivity (Wildman–Crippen MR) is 123 cm³/mol. The monoisotopic (exact) mass is 595 g/mol. The molecule has 1 aliphatic heterocycles. The molecule has 2 aromatic carbocycles. The second-order valence-electron chi connectivity index (χ2n) is 5.23. The first-order valence-corrected chi connectivity index (χ1v) is 10.6. The molecular weight excluding hydrogens is 570 g/mol. The van der Waals surface area contributed by atoms with Crippen molar-refractivity contribution in [1.82, 2.24) is 0 Å². The van der Waals surface area contributed by atoms with Crippen molar-refractivity contribution >= 4 is 14.4 Å². The van der Waals surface area contributed by atoms with Crippen molar-refractivity contribution in [1.29, 1.82) is 21.0 Å². The first kappa shape index (κ1) is 38.9. The van der Waals surface area contributed by atoms with Gasteiger partial charge in [-0.2, -0.15) is 21.0 Å². The number of benzene rings is 2.